The minimum Gasteiger partial charge on any atom is -0.373 e. The second-order valence-electron chi connectivity index (χ2n) is 10.5. The van der Waals surface area contributed by atoms with Crippen LogP contribution in [0.2, 0.25) is 6.55 Å². The predicted octanol–water partition coefficient (Wildman–Crippen LogP) is 3.31. The zero-order valence-corrected chi connectivity index (χ0v) is 18.6. The molecular formula is C22H36O6Si. The van der Waals surface area contributed by atoms with E-state index < -0.39 is 8.80 Å². The van der Waals surface area contributed by atoms with Crippen LogP contribution < -0.4 is 0 Å². The Bertz CT molecular complexity index is 525. The summed E-state index contributed by atoms with van der Waals surface area (Å²) in [7, 11) is -2.65. The van der Waals surface area contributed by atoms with Gasteiger partial charge in [-0.25, -0.2) is 0 Å². The van der Waals surface area contributed by atoms with Crippen molar-refractivity contribution in [3.63, 3.8) is 0 Å². The number of ether oxygens (including phenoxy) is 3. The van der Waals surface area contributed by atoms with Gasteiger partial charge in [-0.1, -0.05) is 0 Å². The van der Waals surface area contributed by atoms with Gasteiger partial charge in [0.25, 0.3) is 0 Å². The molecule has 6 nitrogen and oxygen atoms in total. The monoisotopic (exact) mass is 424 g/mol. The summed E-state index contributed by atoms with van der Waals surface area (Å²) in [4.78, 5) is 0. The lowest BCUT2D eigenvalue weighted by molar-refractivity contribution is 0.0256. The highest BCUT2D eigenvalue weighted by Crippen LogP contribution is 2.42. The minimum absolute atomic E-state index is 0.495. The summed E-state index contributed by atoms with van der Waals surface area (Å²) < 4.78 is 36.5. The van der Waals surface area contributed by atoms with Gasteiger partial charge in [0.15, 0.2) is 0 Å². The summed E-state index contributed by atoms with van der Waals surface area (Å²) in [6, 6.07) is 0. The number of rotatable bonds is 9. The van der Waals surface area contributed by atoms with Crippen LogP contribution in [-0.4, -0.2) is 65.2 Å². The summed E-state index contributed by atoms with van der Waals surface area (Å²) in [6.07, 6.45) is 13.7. The predicted molar refractivity (Wildman–Crippen MR) is 107 cm³/mol. The highest BCUT2D eigenvalue weighted by Gasteiger charge is 2.48. The molecule has 0 aromatic carbocycles. The Morgan fingerprint density at radius 3 is 1.21 bits per heavy atom. The zero-order valence-electron chi connectivity index (χ0n) is 17.6. The molecule has 6 aliphatic rings. The van der Waals surface area contributed by atoms with Gasteiger partial charge in [0.05, 0.1) is 36.6 Å². The first-order valence-corrected chi connectivity index (χ1v) is 14.2. The first kappa shape index (κ1) is 19.6. The van der Waals surface area contributed by atoms with Crippen molar-refractivity contribution in [2.24, 2.45) is 17.8 Å². The average molecular weight is 425 g/mol. The molecule has 3 aliphatic heterocycles. The van der Waals surface area contributed by atoms with Crippen LogP contribution in [0, 0.1) is 17.8 Å². The molecule has 3 aliphatic carbocycles. The Morgan fingerprint density at radius 2 is 0.897 bits per heavy atom. The fourth-order valence-corrected chi connectivity index (χ4v) is 7.71. The van der Waals surface area contributed by atoms with E-state index in [9.17, 15) is 0 Å². The van der Waals surface area contributed by atoms with E-state index in [4.69, 9.17) is 27.5 Å². The number of hydrogen-bond donors (Lipinski definition) is 0. The van der Waals surface area contributed by atoms with Crippen molar-refractivity contribution in [2.75, 3.05) is 19.8 Å². The molecular weight excluding hydrogens is 388 g/mol. The van der Waals surface area contributed by atoms with Gasteiger partial charge in [-0.3, -0.25) is 0 Å². The highest BCUT2D eigenvalue weighted by atomic mass is 28.4. The Kier molecular flexibility index (Phi) is 5.31. The minimum atomic E-state index is -2.65. The van der Waals surface area contributed by atoms with Crippen LogP contribution in [0.5, 0.6) is 0 Å². The average Bonchev–Trinajstić information content (AvgIpc) is 3.60. The summed E-state index contributed by atoms with van der Waals surface area (Å²) in [5.74, 6) is 1.76. The van der Waals surface area contributed by atoms with Crippen LogP contribution in [0.3, 0.4) is 0 Å². The molecule has 6 fully saturated rings. The van der Waals surface area contributed by atoms with Crippen LogP contribution >= 0.6 is 0 Å². The Morgan fingerprint density at radius 1 is 0.552 bits per heavy atom. The maximum atomic E-state index is 6.47. The summed E-state index contributed by atoms with van der Waals surface area (Å²) in [5.41, 5.74) is 0. The third kappa shape index (κ3) is 4.76. The van der Waals surface area contributed by atoms with E-state index in [2.05, 4.69) is 6.55 Å². The SMILES string of the molecule is C[Si](OCC1CCC2OC2C1)(OCC1CCC2OC2C1)OCC1CCC2OC2C1. The highest BCUT2D eigenvalue weighted by molar-refractivity contribution is 6.59. The number of epoxide rings is 3. The quantitative estimate of drug-likeness (QED) is 0.418. The van der Waals surface area contributed by atoms with Crippen molar-refractivity contribution in [3.8, 4) is 0 Å². The largest absolute Gasteiger partial charge is 0.497 e. The van der Waals surface area contributed by atoms with Gasteiger partial charge in [-0.2, -0.15) is 0 Å². The number of hydrogen-bond acceptors (Lipinski definition) is 6. The summed E-state index contributed by atoms with van der Waals surface area (Å²) in [6.45, 7) is 4.38. The molecule has 0 bridgehead atoms. The van der Waals surface area contributed by atoms with Crippen molar-refractivity contribution < 1.29 is 27.5 Å². The lowest BCUT2D eigenvalue weighted by Gasteiger charge is -2.32. The van der Waals surface area contributed by atoms with Crippen LogP contribution in [0.15, 0.2) is 0 Å². The first-order valence-electron chi connectivity index (χ1n) is 12.0. The molecule has 9 atom stereocenters. The first-order chi connectivity index (χ1) is 14.1. The molecule has 3 saturated heterocycles. The molecule has 0 amide bonds. The van der Waals surface area contributed by atoms with E-state index >= 15 is 0 Å². The molecule has 0 radical (unpaired) electrons. The third-order valence-corrected chi connectivity index (χ3v) is 10.2. The Balaban J connectivity index is 1.02. The van der Waals surface area contributed by atoms with Crippen LogP contribution in [-0.2, 0) is 27.5 Å². The molecule has 6 rings (SSSR count). The van der Waals surface area contributed by atoms with Gasteiger partial charge >= 0.3 is 8.80 Å². The molecule has 29 heavy (non-hydrogen) atoms. The Hall–Kier alpha value is -0.0231. The van der Waals surface area contributed by atoms with Gasteiger partial charge in [-0.05, 0) is 75.5 Å². The maximum Gasteiger partial charge on any atom is 0.497 e. The summed E-state index contributed by atoms with van der Waals surface area (Å²) >= 11 is 0. The van der Waals surface area contributed by atoms with Gasteiger partial charge in [0, 0.05) is 26.4 Å². The molecule has 7 heteroatoms. The fraction of sp³-hybridized carbons (Fsp3) is 1.00. The molecule has 164 valence electrons. The van der Waals surface area contributed by atoms with Gasteiger partial charge in [0.2, 0.25) is 0 Å². The van der Waals surface area contributed by atoms with Gasteiger partial charge in [-0.15, -0.1) is 0 Å². The second kappa shape index (κ2) is 7.83. The normalized spacial score (nSPS) is 49.3. The zero-order chi connectivity index (χ0) is 19.4. The van der Waals surface area contributed by atoms with E-state index in [-0.39, 0.29) is 0 Å². The van der Waals surface area contributed by atoms with Crippen LogP contribution in [0.25, 0.3) is 0 Å². The molecule has 0 spiro atoms. The van der Waals surface area contributed by atoms with E-state index in [1.54, 1.807) is 0 Å². The standard InChI is InChI=1S/C22H36O6Si/c1-29(23-11-14-2-5-17-20(8-14)26-17,24-12-15-3-6-18-21(9-15)27-18)25-13-16-4-7-19-22(10-16)28-19/h14-22H,2-13H2,1H3. The van der Waals surface area contributed by atoms with E-state index in [1.165, 1.54) is 38.5 Å². The molecule has 3 heterocycles. The van der Waals surface area contributed by atoms with E-state index in [1.807, 2.05) is 0 Å². The van der Waals surface area contributed by atoms with Gasteiger partial charge < -0.3 is 27.5 Å². The second-order valence-corrected chi connectivity index (χ2v) is 13.1. The van der Waals surface area contributed by atoms with Gasteiger partial charge in [0.1, 0.15) is 0 Å². The van der Waals surface area contributed by atoms with E-state index in [0.29, 0.717) is 54.4 Å². The molecule has 3 saturated carbocycles. The Labute approximate surface area is 175 Å². The van der Waals surface area contributed by atoms with Crippen molar-refractivity contribution in [1.29, 1.82) is 0 Å². The third-order valence-electron chi connectivity index (χ3n) is 8.08. The molecule has 0 aromatic rings. The van der Waals surface area contributed by atoms with Crippen LogP contribution in [0.1, 0.15) is 57.8 Å². The molecule has 9 unspecified atom stereocenters. The fourth-order valence-electron chi connectivity index (χ4n) is 5.85. The smallest absolute Gasteiger partial charge is 0.373 e. The molecule has 0 N–H and O–H groups in total. The van der Waals surface area contributed by atoms with Crippen molar-refractivity contribution in [3.05, 3.63) is 0 Å². The van der Waals surface area contributed by atoms with Crippen LogP contribution in [0.4, 0.5) is 0 Å². The molecule has 0 aromatic heterocycles. The van der Waals surface area contributed by atoms with E-state index in [0.717, 1.165) is 39.1 Å². The summed E-state index contributed by atoms with van der Waals surface area (Å²) in [5, 5.41) is 0. The lowest BCUT2D eigenvalue weighted by Crippen LogP contribution is -2.46. The lowest BCUT2D eigenvalue weighted by atomic mass is 9.90. The number of fused-ring (bicyclic) bond motifs is 3. The van der Waals surface area contributed by atoms with Crippen molar-refractivity contribution >= 4 is 8.80 Å². The van der Waals surface area contributed by atoms with Crippen molar-refractivity contribution in [1.82, 2.24) is 0 Å². The maximum absolute atomic E-state index is 6.47. The topological polar surface area (TPSA) is 65.3 Å². The van der Waals surface area contributed by atoms with Crippen molar-refractivity contribution in [2.45, 2.75) is 101 Å².